The number of anilines is 1. The van der Waals surface area contributed by atoms with Gasteiger partial charge in [-0.1, -0.05) is 30.3 Å². The topological polar surface area (TPSA) is 42.0 Å². The summed E-state index contributed by atoms with van der Waals surface area (Å²) in [6.07, 6.45) is 2.18. The number of pyridine rings is 1. The standard InChI is InChI=1S/C13H10N2O/c16-13-7-10-6-11(14-8-12(10)15-13)9-4-2-1-3-5-9/h1-6,8H,7H2,(H,15,16). The van der Waals surface area contributed by atoms with Crippen LogP contribution in [0.15, 0.2) is 42.6 Å². The Balaban J connectivity index is 2.06. The van der Waals surface area contributed by atoms with E-state index in [2.05, 4.69) is 10.3 Å². The first-order valence-corrected chi connectivity index (χ1v) is 5.17. The molecule has 2 aromatic rings. The predicted molar refractivity (Wildman–Crippen MR) is 62.0 cm³/mol. The maximum Gasteiger partial charge on any atom is 0.228 e. The second-order valence-electron chi connectivity index (χ2n) is 3.82. The molecule has 0 atom stereocenters. The van der Waals surface area contributed by atoms with E-state index in [1.807, 2.05) is 36.4 Å². The summed E-state index contributed by atoms with van der Waals surface area (Å²) in [5, 5.41) is 2.77. The van der Waals surface area contributed by atoms with Crippen molar-refractivity contribution in [1.82, 2.24) is 4.98 Å². The van der Waals surface area contributed by atoms with Crippen LogP contribution in [0.4, 0.5) is 5.69 Å². The Labute approximate surface area is 93.1 Å². The molecular weight excluding hydrogens is 200 g/mol. The number of hydrogen-bond donors (Lipinski definition) is 1. The molecular formula is C13H10N2O. The Morgan fingerprint density at radius 3 is 2.81 bits per heavy atom. The van der Waals surface area contributed by atoms with Gasteiger partial charge in [-0.15, -0.1) is 0 Å². The lowest BCUT2D eigenvalue weighted by Gasteiger charge is -2.02. The van der Waals surface area contributed by atoms with Crippen molar-refractivity contribution in [2.75, 3.05) is 5.32 Å². The smallest absolute Gasteiger partial charge is 0.228 e. The van der Waals surface area contributed by atoms with Crippen LogP contribution in [0.3, 0.4) is 0 Å². The lowest BCUT2D eigenvalue weighted by atomic mass is 10.1. The number of amides is 1. The van der Waals surface area contributed by atoms with E-state index in [4.69, 9.17) is 0 Å². The molecule has 1 N–H and O–H groups in total. The van der Waals surface area contributed by atoms with Crippen LogP contribution in [0, 0.1) is 0 Å². The van der Waals surface area contributed by atoms with Gasteiger partial charge in [-0.25, -0.2) is 0 Å². The number of nitrogens with zero attached hydrogens (tertiary/aromatic N) is 1. The number of hydrogen-bond acceptors (Lipinski definition) is 2. The maximum atomic E-state index is 11.2. The third-order valence-corrected chi connectivity index (χ3v) is 2.68. The molecule has 0 spiro atoms. The quantitative estimate of drug-likeness (QED) is 0.784. The molecule has 78 valence electrons. The first-order valence-electron chi connectivity index (χ1n) is 5.17. The van der Waals surface area contributed by atoms with Gasteiger partial charge in [0.2, 0.25) is 5.91 Å². The van der Waals surface area contributed by atoms with Crippen LogP contribution < -0.4 is 5.32 Å². The Bertz CT molecular complexity index is 549. The van der Waals surface area contributed by atoms with Crippen LogP contribution in [0.25, 0.3) is 11.3 Å². The third-order valence-electron chi connectivity index (χ3n) is 2.68. The highest BCUT2D eigenvalue weighted by atomic mass is 16.1. The molecule has 1 aromatic heterocycles. The molecule has 0 fully saturated rings. The fraction of sp³-hybridized carbons (Fsp3) is 0.0769. The lowest BCUT2D eigenvalue weighted by molar-refractivity contribution is -0.115. The first-order chi connectivity index (χ1) is 7.83. The van der Waals surface area contributed by atoms with Crippen molar-refractivity contribution in [2.45, 2.75) is 6.42 Å². The number of rotatable bonds is 1. The lowest BCUT2D eigenvalue weighted by Crippen LogP contribution is -2.03. The van der Waals surface area contributed by atoms with Crippen molar-refractivity contribution in [2.24, 2.45) is 0 Å². The van der Waals surface area contributed by atoms with E-state index < -0.39 is 0 Å². The zero-order chi connectivity index (χ0) is 11.0. The van der Waals surface area contributed by atoms with Gasteiger partial charge in [0.1, 0.15) is 0 Å². The Hall–Kier alpha value is -2.16. The highest BCUT2D eigenvalue weighted by Gasteiger charge is 2.18. The molecule has 3 rings (SSSR count). The number of carbonyl (C=O) groups is 1. The van der Waals surface area contributed by atoms with Crippen LogP contribution in [-0.4, -0.2) is 10.9 Å². The third kappa shape index (κ3) is 1.46. The van der Waals surface area contributed by atoms with E-state index in [1.165, 1.54) is 0 Å². The Morgan fingerprint density at radius 1 is 1.19 bits per heavy atom. The van der Waals surface area contributed by atoms with Crippen LogP contribution >= 0.6 is 0 Å². The van der Waals surface area contributed by atoms with Crippen molar-refractivity contribution < 1.29 is 4.79 Å². The molecule has 0 bridgehead atoms. The molecule has 16 heavy (non-hydrogen) atoms. The van der Waals surface area contributed by atoms with Gasteiger partial charge in [-0.2, -0.15) is 0 Å². The summed E-state index contributed by atoms with van der Waals surface area (Å²) in [6.45, 7) is 0. The maximum absolute atomic E-state index is 11.2. The number of carbonyl (C=O) groups excluding carboxylic acids is 1. The minimum Gasteiger partial charge on any atom is -0.324 e. The van der Waals surface area contributed by atoms with Gasteiger partial charge in [0.15, 0.2) is 0 Å². The SMILES string of the molecule is O=C1Cc2cc(-c3ccccc3)ncc2N1. The molecule has 2 heterocycles. The molecule has 0 saturated heterocycles. The van der Waals surface area contributed by atoms with E-state index in [9.17, 15) is 4.79 Å². The Kier molecular flexibility index (Phi) is 1.96. The number of nitrogens with one attached hydrogen (secondary N) is 1. The molecule has 3 nitrogen and oxygen atoms in total. The van der Waals surface area contributed by atoms with Gasteiger partial charge in [0.05, 0.1) is 24.0 Å². The average Bonchev–Trinajstić information content (AvgIpc) is 2.69. The molecule has 1 aliphatic heterocycles. The summed E-state index contributed by atoms with van der Waals surface area (Å²) in [5.74, 6) is 0.0435. The summed E-state index contributed by atoms with van der Waals surface area (Å²) < 4.78 is 0. The largest absolute Gasteiger partial charge is 0.324 e. The van der Waals surface area contributed by atoms with Gasteiger partial charge in [-0.3, -0.25) is 9.78 Å². The summed E-state index contributed by atoms with van der Waals surface area (Å²) in [5.41, 5.74) is 3.85. The first kappa shape index (κ1) is 9.09. The number of aromatic nitrogens is 1. The molecule has 0 saturated carbocycles. The molecule has 0 unspecified atom stereocenters. The highest BCUT2D eigenvalue weighted by molar-refractivity contribution is 5.99. The van der Waals surface area contributed by atoms with Crippen LogP contribution in [0.2, 0.25) is 0 Å². The minimum absolute atomic E-state index is 0.0435. The summed E-state index contributed by atoms with van der Waals surface area (Å²) in [6, 6.07) is 11.9. The van der Waals surface area contributed by atoms with Gasteiger partial charge in [-0.05, 0) is 11.6 Å². The monoisotopic (exact) mass is 210 g/mol. The van der Waals surface area contributed by atoms with Gasteiger partial charge >= 0.3 is 0 Å². The normalized spacial score (nSPS) is 13.4. The second-order valence-corrected chi connectivity index (χ2v) is 3.82. The van der Waals surface area contributed by atoms with Crippen molar-refractivity contribution in [3.05, 3.63) is 48.2 Å². The zero-order valence-corrected chi connectivity index (χ0v) is 8.60. The van der Waals surface area contributed by atoms with E-state index in [0.29, 0.717) is 6.42 Å². The fourth-order valence-corrected chi connectivity index (χ4v) is 1.89. The van der Waals surface area contributed by atoms with Gasteiger partial charge in [0, 0.05) is 5.56 Å². The molecule has 1 amide bonds. The molecule has 0 aliphatic carbocycles. The van der Waals surface area contributed by atoms with E-state index in [-0.39, 0.29) is 5.91 Å². The highest BCUT2D eigenvalue weighted by Crippen LogP contribution is 2.26. The Morgan fingerprint density at radius 2 is 2.00 bits per heavy atom. The van der Waals surface area contributed by atoms with Crippen LogP contribution in [0.5, 0.6) is 0 Å². The predicted octanol–water partition coefficient (Wildman–Crippen LogP) is 2.24. The number of benzene rings is 1. The summed E-state index contributed by atoms with van der Waals surface area (Å²) in [7, 11) is 0. The van der Waals surface area contributed by atoms with E-state index in [0.717, 1.165) is 22.5 Å². The minimum atomic E-state index is 0.0435. The summed E-state index contributed by atoms with van der Waals surface area (Å²) in [4.78, 5) is 15.5. The van der Waals surface area contributed by atoms with Crippen molar-refractivity contribution >= 4 is 11.6 Å². The van der Waals surface area contributed by atoms with Gasteiger partial charge in [0.25, 0.3) is 0 Å². The molecule has 1 aliphatic rings. The average molecular weight is 210 g/mol. The molecule has 0 radical (unpaired) electrons. The van der Waals surface area contributed by atoms with Crippen molar-refractivity contribution in [1.29, 1.82) is 0 Å². The van der Waals surface area contributed by atoms with Crippen LogP contribution in [-0.2, 0) is 11.2 Å². The van der Waals surface area contributed by atoms with Crippen LogP contribution in [0.1, 0.15) is 5.56 Å². The van der Waals surface area contributed by atoms with Crippen molar-refractivity contribution in [3.8, 4) is 11.3 Å². The molecule has 3 heteroatoms. The number of fused-ring (bicyclic) bond motifs is 1. The van der Waals surface area contributed by atoms with Crippen molar-refractivity contribution in [3.63, 3.8) is 0 Å². The van der Waals surface area contributed by atoms with Gasteiger partial charge < -0.3 is 5.32 Å². The second kappa shape index (κ2) is 3.45. The summed E-state index contributed by atoms with van der Waals surface area (Å²) >= 11 is 0. The fourth-order valence-electron chi connectivity index (χ4n) is 1.89. The molecule has 1 aromatic carbocycles. The van der Waals surface area contributed by atoms with E-state index >= 15 is 0 Å². The van der Waals surface area contributed by atoms with E-state index in [1.54, 1.807) is 6.20 Å². The zero-order valence-electron chi connectivity index (χ0n) is 8.60.